The van der Waals surface area contributed by atoms with Gasteiger partial charge in [-0.1, -0.05) is 24.3 Å². The second-order valence-corrected chi connectivity index (χ2v) is 4.18. The molecule has 0 saturated heterocycles. The van der Waals surface area contributed by atoms with Gasteiger partial charge in [0.05, 0.1) is 0 Å². The van der Waals surface area contributed by atoms with Crippen molar-refractivity contribution in [2.75, 3.05) is 20.6 Å². The summed E-state index contributed by atoms with van der Waals surface area (Å²) in [4.78, 5) is 14.0. The Labute approximate surface area is 84.5 Å². The number of fused-ring (bicyclic) bond motifs is 1. The first-order valence-corrected chi connectivity index (χ1v) is 4.95. The van der Waals surface area contributed by atoms with Crippen LogP contribution in [-0.4, -0.2) is 31.3 Å². The summed E-state index contributed by atoms with van der Waals surface area (Å²) in [5.74, 6) is 0.483. The summed E-state index contributed by atoms with van der Waals surface area (Å²) in [5.41, 5.74) is 2.14. The minimum Gasteiger partial charge on any atom is -0.309 e. The van der Waals surface area contributed by atoms with Crippen molar-refractivity contribution in [2.24, 2.45) is 5.92 Å². The normalized spacial score (nSPS) is 20.2. The quantitative estimate of drug-likeness (QED) is 0.704. The Morgan fingerprint density at radius 3 is 2.71 bits per heavy atom. The third-order valence-electron chi connectivity index (χ3n) is 2.71. The van der Waals surface area contributed by atoms with Gasteiger partial charge in [0.15, 0.2) is 5.78 Å². The molecule has 0 N–H and O–H groups in total. The Bertz CT molecular complexity index is 357. The molecule has 2 nitrogen and oxygen atoms in total. The summed E-state index contributed by atoms with van der Waals surface area (Å²) in [7, 11) is 4.02. The zero-order valence-corrected chi connectivity index (χ0v) is 8.66. The van der Waals surface area contributed by atoms with Gasteiger partial charge in [-0.15, -0.1) is 0 Å². The summed E-state index contributed by atoms with van der Waals surface area (Å²) in [6.45, 7) is 0.855. The van der Waals surface area contributed by atoms with Gasteiger partial charge < -0.3 is 4.90 Å². The molecule has 0 unspecified atom stereocenters. The van der Waals surface area contributed by atoms with Crippen molar-refractivity contribution in [3.05, 3.63) is 35.4 Å². The lowest BCUT2D eigenvalue weighted by molar-refractivity contribution is 0.0916. The Morgan fingerprint density at radius 1 is 1.36 bits per heavy atom. The molecule has 0 heterocycles. The predicted octanol–water partition coefficient (Wildman–Crippen LogP) is 1.60. The molecule has 2 rings (SSSR count). The van der Waals surface area contributed by atoms with Crippen LogP contribution in [0.5, 0.6) is 0 Å². The average molecular weight is 189 g/mol. The van der Waals surface area contributed by atoms with Gasteiger partial charge in [0.25, 0.3) is 0 Å². The van der Waals surface area contributed by atoms with Crippen molar-refractivity contribution in [3.63, 3.8) is 0 Å². The van der Waals surface area contributed by atoms with Crippen LogP contribution >= 0.6 is 0 Å². The van der Waals surface area contributed by atoms with Crippen molar-refractivity contribution < 1.29 is 4.79 Å². The highest BCUT2D eigenvalue weighted by atomic mass is 16.1. The minimum atomic E-state index is 0.169. The van der Waals surface area contributed by atoms with E-state index in [4.69, 9.17) is 0 Å². The standard InChI is InChI=1S/C12H15NO/c1-13(2)8-10-7-9-5-3-4-6-11(9)12(10)14/h3-6,10H,7-8H2,1-2H3/t10-/m0/s1. The van der Waals surface area contributed by atoms with E-state index in [-0.39, 0.29) is 5.92 Å². The fraction of sp³-hybridized carbons (Fsp3) is 0.417. The first-order chi connectivity index (χ1) is 6.68. The van der Waals surface area contributed by atoms with Crippen LogP contribution in [0.4, 0.5) is 0 Å². The lowest BCUT2D eigenvalue weighted by Gasteiger charge is -2.13. The molecule has 1 aromatic carbocycles. The van der Waals surface area contributed by atoms with E-state index in [1.807, 2.05) is 32.3 Å². The fourth-order valence-electron chi connectivity index (χ4n) is 2.10. The summed E-state index contributed by atoms with van der Waals surface area (Å²) >= 11 is 0. The number of Topliss-reactive ketones (excluding diaryl/α,β-unsaturated/α-hetero) is 1. The lowest BCUT2D eigenvalue weighted by Crippen LogP contribution is -2.25. The third-order valence-corrected chi connectivity index (χ3v) is 2.71. The van der Waals surface area contributed by atoms with Crippen LogP contribution in [-0.2, 0) is 6.42 Å². The maximum absolute atomic E-state index is 11.9. The maximum atomic E-state index is 11.9. The molecule has 0 radical (unpaired) electrons. The van der Waals surface area contributed by atoms with Crippen LogP contribution in [0.25, 0.3) is 0 Å². The van der Waals surface area contributed by atoms with E-state index in [1.54, 1.807) is 0 Å². The molecule has 2 heteroatoms. The Kier molecular flexibility index (Phi) is 2.38. The second kappa shape index (κ2) is 3.54. The first kappa shape index (κ1) is 9.41. The average Bonchev–Trinajstić information content (AvgIpc) is 2.44. The monoisotopic (exact) mass is 189 g/mol. The molecule has 1 atom stereocenters. The molecule has 0 bridgehead atoms. The molecule has 0 spiro atoms. The molecule has 0 aliphatic heterocycles. The smallest absolute Gasteiger partial charge is 0.167 e. The van der Waals surface area contributed by atoms with Crippen LogP contribution in [0.3, 0.4) is 0 Å². The van der Waals surface area contributed by atoms with Gasteiger partial charge in [-0.2, -0.15) is 0 Å². The molecular formula is C12H15NO. The number of ketones is 1. The summed E-state index contributed by atoms with van der Waals surface area (Å²) in [6.07, 6.45) is 0.910. The largest absolute Gasteiger partial charge is 0.309 e. The molecular weight excluding hydrogens is 174 g/mol. The molecule has 1 aliphatic rings. The number of hydrogen-bond donors (Lipinski definition) is 0. The van der Waals surface area contributed by atoms with Crippen molar-refractivity contribution in [1.82, 2.24) is 4.90 Å². The number of hydrogen-bond acceptors (Lipinski definition) is 2. The fourth-order valence-corrected chi connectivity index (χ4v) is 2.10. The van der Waals surface area contributed by atoms with Crippen LogP contribution in [0.15, 0.2) is 24.3 Å². The van der Waals surface area contributed by atoms with Gasteiger partial charge in [0.1, 0.15) is 0 Å². The van der Waals surface area contributed by atoms with Crippen LogP contribution in [0, 0.1) is 5.92 Å². The number of carbonyl (C=O) groups excluding carboxylic acids is 1. The number of nitrogens with zero attached hydrogens (tertiary/aromatic N) is 1. The highest BCUT2D eigenvalue weighted by Gasteiger charge is 2.29. The van der Waals surface area contributed by atoms with Crippen LogP contribution < -0.4 is 0 Å². The highest BCUT2D eigenvalue weighted by molar-refractivity contribution is 6.02. The van der Waals surface area contributed by atoms with Crippen LogP contribution in [0.2, 0.25) is 0 Å². The van der Waals surface area contributed by atoms with E-state index in [0.29, 0.717) is 5.78 Å². The van der Waals surface area contributed by atoms with Gasteiger partial charge in [-0.25, -0.2) is 0 Å². The van der Waals surface area contributed by atoms with E-state index in [9.17, 15) is 4.79 Å². The molecule has 0 saturated carbocycles. The summed E-state index contributed by atoms with van der Waals surface area (Å²) in [6, 6.07) is 7.94. The van der Waals surface area contributed by atoms with Gasteiger partial charge in [0.2, 0.25) is 0 Å². The van der Waals surface area contributed by atoms with Gasteiger partial charge in [0, 0.05) is 18.0 Å². The van der Waals surface area contributed by atoms with E-state index in [1.165, 1.54) is 5.56 Å². The molecule has 1 aliphatic carbocycles. The van der Waals surface area contributed by atoms with E-state index in [0.717, 1.165) is 18.5 Å². The molecule has 0 amide bonds. The molecule has 0 fully saturated rings. The van der Waals surface area contributed by atoms with Crippen molar-refractivity contribution >= 4 is 5.78 Å². The second-order valence-electron chi connectivity index (χ2n) is 4.18. The number of rotatable bonds is 2. The van der Waals surface area contributed by atoms with Crippen LogP contribution in [0.1, 0.15) is 15.9 Å². The molecule has 14 heavy (non-hydrogen) atoms. The van der Waals surface area contributed by atoms with Gasteiger partial charge in [-0.3, -0.25) is 4.79 Å². The predicted molar refractivity (Wildman–Crippen MR) is 56.5 cm³/mol. The SMILES string of the molecule is CN(C)C[C@@H]1Cc2ccccc2C1=O. The van der Waals surface area contributed by atoms with Crippen molar-refractivity contribution in [1.29, 1.82) is 0 Å². The van der Waals surface area contributed by atoms with E-state index >= 15 is 0 Å². The van der Waals surface area contributed by atoms with Crippen molar-refractivity contribution in [3.8, 4) is 0 Å². The molecule has 74 valence electrons. The zero-order chi connectivity index (χ0) is 10.1. The Morgan fingerprint density at radius 2 is 2.07 bits per heavy atom. The first-order valence-electron chi connectivity index (χ1n) is 4.95. The minimum absolute atomic E-state index is 0.169. The maximum Gasteiger partial charge on any atom is 0.167 e. The van der Waals surface area contributed by atoms with Crippen molar-refractivity contribution in [2.45, 2.75) is 6.42 Å². The Balaban J connectivity index is 2.21. The Hall–Kier alpha value is -1.15. The summed E-state index contributed by atoms with van der Waals surface area (Å²) in [5, 5.41) is 0. The molecule has 1 aromatic rings. The number of benzene rings is 1. The van der Waals surface area contributed by atoms with Gasteiger partial charge in [-0.05, 0) is 26.1 Å². The van der Waals surface area contributed by atoms with E-state index in [2.05, 4.69) is 11.0 Å². The van der Waals surface area contributed by atoms with Gasteiger partial charge >= 0.3 is 0 Å². The lowest BCUT2D eigenvalue weighted by atomic mass is 10.1. The third kappa shape index (κ3) is 1.58. The highest BCUT2D eigenvalue weighted by Crippen LogP contribution is 2.26. The summed E-state index contributed by atoms with van der Waals surface area (Å²) < 4.78 is 0. The zero-order valence-electron chi connectivity index (χ0n) is 8.66. The topological polar surface area (TPSA) is 20.3 Å². The number of carbonyl (C=O) groups is 1. The van der Waals surface area contributed by atoms with E-state index < -0.39 is 0 Å². The molecule has 0 aromatic heterocycles.